The van der Waals surface area contributed by atoms with Crippen molar-refractivity contribution in [3.63, 3.8) is 0 Å². The molecule has 2 N–H and O–H groups in total. The smallest absolute Gasteiger partial charge is 0.123 e. The Kier molecular flexibility index (Phi) is 5.94. The van der Waals surface area contributed by atoms with Gasteiger partial charge in [0.25, 0.3) is 0 Å². The van der Waals surface area contributed by atoms with E-state index in [0.29, 0.717) is 18.9 Å². The van der Waals surface area contributed by atoms with E-state index >= 15 is 0 Å². The van der Waals surface area contributed by atoms with Crippen molar-refractivity contribution in [2.24, 2.45) is 5.92 Å². The van der Waals surface area contributed by atoms with Crippen molar-refractivity contribution >= 4 is 0 Å². The molecule has 0 aliphatic carbocycles. The van der Waals surface area contributed by atoms with Gasteiger partial charge in [-0.25, -0.2) is 4.39 Å². The molecule has 96 valence electrons. The lowest BCUT2D eigenvalue weighted by Crippen LogP contribution is -2.16. The second-order valence-corrected chi connectivity index (χ2v) is 4.13. The van der Waals surface area contributed by atoms with Gasteiger partial charge in [0, 0.05) is 24.6 Å². The molecule has 1 aromatic carbocycles. The molecule has 1 unspecified atom stereocenters. The first kappa shape index (κ1) is 13.9. The van der Waals surface area contributed by atoms with Crippen LogP contribution in [0.25, 0.3) is 0 Å². The Morgan fingerprint density at radius 3 is 2.88 bits per heavy atom. The lowest BCUT2D eigenvalue weighted by Gasteiger charge is -2.14. The van der Waals surface area contributed by atoms with Gasteiger partial charge in [-0.05, 0) is 24.7 Å². The summed E-state index contributed by atoms with van der Waals surface area (Å²) in [5.74, 6) is 0.486. The Labute approximate surface area is 102 Å². The van der Waals surface area contributed by atoms with E-state index in [1.807, 2.05) is 13.8 Å². The summed E-state index contributed by atoms with van der Waals surface area (Å²) in [4.78, 5) is 0. The molecular formula is C13H20FNO2. The second kappa shape index (κ2) is 7.25. The highest BCUT2D eigenvalue weighted by molar-refractivity contribution is 5.33. The summed E-state index contributed by atoms with van der Waals surface area (Å²) < 4.78 is 18.7. The molecule has 1 atom stereocenters. The van der Waals surface area contributed by atoms with E-state index in [4.69, 9.17) is 9.84 Å². The average molecular weight is 241 g/mol. The zero-order valence-corrected chi connectivity index (χ0v) is 10.4. The van der Waals surface area contributed by atoms with Gasteiger partial charge in [-0.3, -0.25) is 0 Å². The minimum absolute atomic E-state index is 0.0760. The first-order chi connectivity index (χ1) is 8.17. The zero-order chi connectivity index (χ0) is 12.7. The Morgan fingerprint density at radius 2 is 2.24 bits per heavy atom. The summed E-state index contributed by atoms with van der Waals surface area (Å²) in [5.41, 5.74) is 0.803. The molecule has 1 rings (SSSR count). The lowest BCUT2D eigenvalue weighted by molar-refractivity contribution is 0.173. The predicted molar refractivity (Wildman–Crippen MR) is 65.5 cm³/mol. The highest BCUT2D eigenvalue weighted by atomic mass is 19.1. The van der Waals surface area contributed by atoms with E-state index in [0.717, 1.165) is 12.1 Å². The number of nitrogens with one attached hydrogen (secondary N) is 1. The van der Waals surface area contributed by atoms with E-state index in [9.17, 15) is 4.39 Å². The highest BCUT2D eigenvalue weighted by Gasteiger charge is 2.07. The fraction of sp³-hybridized carbons (Fsp3) is 0.538. The van der Waals surface area contributed by atoms with Crippen LogP contribution in [0.1, 0.15) is 19.4 Å². The molecule has 0 aliphatic rings. The molecule has 0 heterocycles. The number of aliphatic hydroxyl groups is 1. The van der Waals surface area contributed by atoms with Crippen LogP contribution in [0.2, 0.25) is 0 Å². The van der Waals surface area contributed by atoms with Crippen LogP contribution in [0, 0.1) is 11.7 Å². The number of halogens is 1. The third-order valence-corrected chi connectivity index (χ3v) is 2.42. The van der Waals surface area contributed by atoms with Crippen LogP contribution in [0.5, 0.6) is 5.75 Å². The van der Waals surface area contributed by atoms with Crippen molar-refractivity contribution in [3.8, 4) is 5.75 Å². The van der Waals surface area contributed by atoms with Gasteiger partial charge >= 0.3 is 0 Å². The van der Waals surface area contributed by atoms with Gasteiger partial charge in [-0.15, -0.1) is 0 Å². The van der Waals surface area contributed by atoms with Crippen LogP contribution in [0.15, 0.2) is 18.2 Å². The summed E-state index contributed by atoms with van der Waals surface area (Å²) in [6.07, 6.45) is 0. The number of hydrogen-bond donors (Lipinski definition) is 2. The number of benzene rings is 1. The van der Waals surface area contributed by atoms with Crippen molar-refractivity contribution in [2.45, 2.75) is 20.4 Å². The van der Waals surface area contributed by atoms with Crippen molar-refractivity contribution in [1.82, 2.24) is 5.32 Å². The van der Waals surface area contributed by atoms with Crippen molar-refractivity contribution in [2.75, 3.05) is 19.8 Å². The van der Waals surface area contributed by atoms with Gasteiger partial charge in [-0.2, -0.15) is 0 Å². The molecule has 0 bridgehead atoms. The molecule has 17 heavy (non-hydrogen) atoms. The Hall–Kier alpha value is -1.13. The number of hydrogen-bond acceptors (Lipinski definition) is 3. The third kappa shape index (κ3) is 4.71. The minimum Gasteiger partial charge on any atom is -0.493 e. The Bertz CT molecular complexity index is 344. The minimum atomic E-state index is -0.263. The summed E-state index contributed by atoms with van der Waals surface area (Å²) in [6, 6.07) is 4.49. The molecule has 0 spiro atoms. The summed E-state index contributed by atoms with van der Waals surface area (Å²) in [5, 5.41) is 12.1. The normalized spacial score (nSPS) is 12.5. The van der Waals surface area contributed by atoms with Gasteiger partial charge in [-0.1, -0.05) is 13.8 Å². The molecule has 0 aliphatic heterocycles. The second-order valence-electron chi connectivity index (χ2n) is 4.13. The van der Waals surface area contributed by atoms with Crippen LogP contribution < -0.4 is 10.1 Å². The van der Waals surface area contributed by atoms with E-state index in [1.54, 1.807) is 6.07 Å². The molecule has 0 saturated heterocycles. The molecule has 0 saturated carbocycles. The Morgan fingerprint density at radius 1 is 1.47 bits per heavy atom. The standard InChI is InChI=1S/C13H20FNO2/c1-3-15-7-11-6-12(14)4-5-13(11)17-9-10(2)8-16/h4-6,10,15-16H,3,7-9H2,1-2H3. The van der Waals surface area contributed by atoms with Crippen LogP contribution in [-0.2, 0) is 6.54 Å². The fourth-order valence-corrected chi connectivity index (χ4v) is 1.37. The van der Waals surface area contributed by atoms with Crippen molar-refractivity contribution in [3.05, 3.63) is 29.6 Å². The first-order valence-corrected chi connectivity index (χ1v) is 5.90. The van der Waals surface area contributed by atoms with E-state index in [-0.39, 0.29) is 18.3 Å². The molecule has 1 aromatic rings. The monoisotopic (exact) mass is 241 g/mol. The van der Waals surface area contributed by atoms with E-state index in [1.165, 1.54) is 12.1 Å². The van der Waals surface area contributed by atoms with Gasteiger partial charge in [0.05, 0.1) is 6.61 Å². The van der Waals surface area contributed by atoms with Crippen molar-refractivity contribution < 1.29 is 14.2 Å². The van der Waals surface area contributed by atoms with Gasteiger partial charge < -0.3 is 15.2 Å². The topological polar surface area (TPSA) is 41.5 Å². The van der Waals surface area contributed by atoms with Crippen LogP contribution in [0.3, 0.4) is 0 Å². The highest BCUT2D eigenvalue weighted by Crippen LogP contribution is 2.20. The van der Waals surface area contributed by atoms with E-state index < -0.39 is 0 Å². The average Bonchev–Trinajstić information content (AvgIpc) is 2.34. The molecular weight excluding hydrogens is 221 g/mol. The molecule has 0 amide bonds. The molecule has 0 radical (unpaired) electrons. The lowest BCUT2D eigenvalue weighted by atomic mass is 10.2. The van der Waals surface area contributed by atoms with Gasteiger partial charge in [0.15, 0.2) is 0 Å². The van der Waals surface area contributed by atoms with Crippen molar-refractivity contribution in [1.29, 1.82) is 0 Å². The Balaban J connectivity index is 2.68. The van der Waals surface area contributed by atoms with Crippen LogP contribution in [0.4, 0.5) is 4.39 Å². The molecule has 4 heteroatoms. The first-order valence-electron chi connectivity index (χ1n) is 5.90. The third-order valence-electron chi connectivity index (χ3n) is 2.42. The summed E-state index contributed by atoms with van der Waals surface area (Å²) >= 11 is 0. The SMILES string of the molecule is CCNCc1cc(F)ccc1OCC(C)CO. The van der Waals surface area contributed by atoms with Crippen LogP contribution >= 0.6 is 0 Å². The number of ether oxygens (including phenoxy) is 1. The fourth-order valence-electron chi connectivity index (χ4n) is 1.37. The molecule has 0 aromatic heterocycles. The maximum atomic E-state index is 13.1. The largest absolute Gasteiger partial charge is 0.493 e. The maximum absolute atomic E-state index is 13.1. The maximum Gasteiger partial charge on any atom is 0.123 e. The number of rotatable bonds is 7. The van der Waals surface area contributed by atoms with Crippen LogP contribution in [-0.4, -0.2) is 24.9 Å². The summed E-state index contributed by atoms with van der Waals surface area (Å²) in [7, 11) is 0. The molecule has 3 nitrogen and oxygen atoms in total. The number of aliphatic hydroxyl groups excluding tert-OH is 1. The summed E-state index contributed by atoms with van der Waals surface area (Å²) in [6.45, 7) is 5.81. The van der Waals surface area contributed by atoms with Gasteiger partial charge in [0.1, 0.15) is 11.6 Å². The van der Waals surface area contributed by atoms with Gasteiger partial charge in [0.2, 0.25) is 0 Å². The van der Waals surface area contributed by atoms with E-state index in [2.05, 4.69) is 5.32 Å². The molecule has 0 fully saturated rings. The zero-order valence-electron chi connectivity index (χ0n) is 10.4. The predicted octanol–water partition coefficient (Wildman–Crippen LogP) is 1.94. The quantitative estimate of drug-likeness (QED) is 0.766.